The maximum atomic E-state index is 11.7. The molecule has 1 aromatic carbocycles. The van der Waals surface area contributed by atoms with E-state index in [9.17, 15) is 9.59 Å². The van der Waals surface area contributed by atoms with Crippen molar-refractivity contribution < 1.29 is 14.7 Å². The van der Waals surface area contributed by atoms with Crippen molar-refractivity contribution in [2.45, 2.75) is 6.61 Å². The van der Waals surface area contributed by atoms with Gasteiger partial charge in [-0.25, -0.2) is 0 Å². The average Bonchev–Trinajstić information content (AvgIpc) is 2.75. The fraction of sp³-hybridized carbons (Fsp3) is 0.333. The van der Waals surface area contributed by atoms with Crippen LogP contribution in [0.2, 0.25) is 0 Å². The predicted molar refractivity (Wildman–Crippen MR) is 70.0 cm³/mol. The van der Waals surface area contributed by atoms with E-state index in [4.69, 9.17) is 5.11 Å². The highest BCUT2D eigenvalue weighted by atomic mass is 32.2. The fourth-order valence-electron chi connectivity index (χ4n) is 1.66. The molecule has 0 saturated carbocycles. The summed E-state index contributed by atoms with van der Waals surface area (Å²) in [6.07, 6.45) is 0. The van der Waals surface area contributed by atoms with Gasteiger partial charge in [-0.05, 0) is 17.7 Å². The summed E-state index contributed by atoms with van der Waals surface area (Å²) in [6, 6.07) is 6.99. The van der Waals surface area contributed by atoms with E-state index in [1.807, 2.05) is 0 Å². The van der Waals surface area contributed by atoms with E-state index in [-0.39, 0.29) is 25.0 Å². The SMILES string of the molecule is O=C(CN1CSCC1=O)Nc1cccc(CO)c1. The van der Waals surface area contributed by atoms with Gasteiger partial charge in [0.05, 0.1) is 18.2 Å². The van der Waals surface area contributed by atoms with E-state index >= 15 is 0 Å². The van der Waals surface area contributed by atoms with Gasteiger partial charge in [-0.2, -0.15) is 0 Å². The van der Waals surface area contributed by atoms with Gasteiger partial charge < -0.3 is 15.3 Å². The Kier molecular flexibility index (Phi) is 4.22. The van der Waals surface area contributed by atoms with Crippen molar-refractivity contribution in [3.05, 3.63) is 29.8 Å². The van der Waals surface area contributed by atoms with E-state index in [0.29, 0.717) is 17.3 Å². The number of hydrogen-bond acceptors (Lipinski definition) is 4. The predicted octanol–water partition coefficient (Wildman–Crippen LogP) is 0.650. The van der Waals surface area contributed by atoms with E-state index < -0.39 is 0 Å². The molecule has 1 aliphatic heterocycles. The van der Waals surface area contributed by atoms with Gasteiger partial charge in [0.25, 0.3) is 0 Å². The Hall–Kier alpha value is -1.53. The molecule has 0 atom stereocenters. The fourth-order valence-corrected chi connectivity index (χ4v) is 2.57. The molecule has 2 N–H and O–H groups in total. The number of nitrogens with one attached hydrogen (secondary N) is 1. The molecule has 0 bridgehead atoms. The zero-order valence-corrected chi connectivity index (χ0v) is 10.6. The number of amides is 2. The number of aliphatic hydroxyl groups excluding tert-OH is 1. The van der Waals surface area contributed by atoms with Crippen LogP contribution in [0.4, 0.5) is 5.69 Å². The minimum absolute atomic E-state index is 0.000686. The normalized spacial score (nSPS) is 14.9. The molecule has 2 rings (SSSR count). The summed E-state index contributed by atoms with van der Waals surface area (Å²) >= 11 is 1.51. The number of nitrogens with zero attached hydrogens (tertiary/aromatic N) is 1. The number of hydrogen-bond donors (Lipinski definition) is 2. The Morgan fingerprint density at radius 2 is 2.33 bits per heavy atom. The number of rotatable bonds is 4. The highest BCUT2D eigenvalue weighted by molar-refractivity contribution is 8.00. The molecule has 5 nitrogen and oxygen atoms in total. The Balaban J connectivity index is 1.92. The number of benzene rings is 1. The van der Waals surface area contributed by atoms with Crippen LogP contribution in [0.15, 0.2) is 24.3 Å². The number of carbonyl (C=O) groups is 2. The van der Waals surface area contributed by atoms with Crippen molar-refractivity contribution in [3.63, 3.8) is 0 Å². The molecule has 96 valence electrons. The van der Waals surface area contributed by atoms with Crippen LogP contribution in [-0.2, 0) is 16.2 Å². The second-order valence-corrected chi connectivity index (χ2v) is 4.93. The van der Waals surface area contributed by atoms with Gasteiger partial charge in [-0.3, -0.25) is 9.59 Å². The van der Waals surface area contributed by atoms with Gasteiger partial charge >= 0.3 is 0 Å². The first-order chi connectivity index (χ1) is 8.69. The lowest BCUT2D eigenvalue weighted by atomic mass is 10.2. The third-order valence-electron chi connectivity index (χ3n) is 2.55. The Labute approximate surface area is 109 Å². The molecule has 6 heteroatoms. The van der Waals surface area contributed by atoms with Crippen LogP contribution in [-0.4, -0.2) is 40.0 Å². The van der Waals surface area contributed by atoms with Crippen LogP contribution in [0, 0.1) is 0 Å². The molecule has 0 radical (unpaired) electrons. The molecule has 18 heavy (non-hydrogen) atoms. The number of aliphatic hydroxyl groups is 1. The second kappa shape index (κ2) is 5.88. The molecule has 0 spiro atoms. The lowest BCUT2D eigenvalue weighted by molar-refractivity contribution is -0.130. The van der Waals surface area contributed by atoms with Crippen molar-refractivity contribution >= 4 is 29.3 Å². The summed E-state index contributed by atoms with van der Waals surface area (Å²) in [7, 11) is 0. The molecule has 1 fully saturated rings. The third kappa shape index (κ3) is 3.24. The summed E-state index contributed by atoms with van der Waals surface area (Å²) < 4.78 is 0. The molecule has 1 heterocycles. The minimum atomic E-state index is -0.221. The minimum Gasteiger partial charge on any atom is -0.392 e. The van der Waals surface area contributed by atoms with E-state index in [2.05, 4.69) is 5.32 Å². The van der Waals surface area contributed by atoms with Gasteiger partial charge in [0.15, 0.2) is 0 Å². The topological polar surface area (TPSA) is 69.6 Å². The molecule has 1 aliphatic rings. The van der Waals surface area contributed by atoms with Crippen molar-refractivity contribution in [2.75, 3.05) is 23.5 Å². The van der Waals surface area contributed by atoms with Crippen molar-refractivity contribution in [1.29, 1.82) is 0 Å². The summed E-state index contributed by atoms with van der Waals surface area (Å²) in [6.45, 7) is 0.0140. The summed E-state index contributed by atoms with van der Waals surface area (Å²) in [5.41, 5.74) is 1.37. The third-order valence-corrected chi connectivity index (χ3v) is 3.50. The van der Waals surface area contributed by atoms with Crippen LogP contribution in [0.5, 0.6) is 0 Å². The van der Waals surface area contributed by atoms with Gasteiger partial charge in [-0.15, -0.1) is 11.8 Å². The maximum absolute atomic E-state index is 11.7. The largest absolute Gasteiger partial charge is 0.392 e. The van der Waals surface area contributed by atoms with Gasteiger partial charge in [-0.1, -0.05) is 12.1 Å². The summed E-state index contributed by atoms with van der Waals surface area (Å²) in [5, 5.41) is 11.7. The smallest absolute Gasteiger partial charge is 0.244 e. The Morgan fingerprint density at radius 3 is 3.00 bits per heavy atom. The molecule has 2 amide bonds. The van der Waals surface area contributed by atoms with E-state index in [0.717, 1.165) is 5.56 Å². The Bertz CT molecular complexity index is 464. The zero-order valence-electron chi connectivity index (χ0n) is 9.76. The highest BCUT2D eigenvalue weighted by Crippen LogP contribution is 2.15. The Morgan fingerprint density at radius 1 is 1.50 bits per heavy atom. The standard InChI is InChI=1S/C12H14N2O3S/c15-6-9-2-1-3-10(4-9)13-11(16)5-14-8-18-7-12(14)17/h1-4,15H,5-8H2,(H,13,16). The number of carbonyl (C=O) groups excluding carboxylic acids is 2. The molecular weight excluding hydrogens is 252 g/mol. The maximum Gasteiger partial charge on any atom is 0.244 e. The van der Waals surface area contributed by atoms with Crippen LogP contribution in [0.1, 0.15) is 5.56 Å². The molecular formula is C12H14N2O3S. The molecule has 0 aromatic heterocycles. The molecule has 1 aromatic rings. The first kappa shape index (κ1) is 12.9. The van der Waals surface area contributed by atoms with Crippen LogP contribution in [0.25, 0.3) is 0 Å². The van der Waals surface area contributed by atoms with Crippen LogP contribution >= 0.6 is 11.8 Å². The molecule has 0 unspecified atom stereocenters. The van der Waals surface area contributed by atoms with Gasteiger partial charge in [0, 0.05) is 5.69 Å². The van der Waals surface area contributed by atoms with E-state index in [1.165, 1.54) is 16.7 Å². The van der Waals surface area contributed by atoms with Crippen molar-refractivity contribution in [1.82, 2.24) is 4.90 Å². The van der Waals surface area contributed by atoms with Crippen LogP contribution in [0.3, 0.4) is 0 Å². The first-order valence-corrected chi connectivity index (χ1v) is 6.69. The molecule has 1 saturated heterocycles. The lowest BCUT2D eigenvalue weighted by Gasteiger charge is -2.14. The van der Waals surface area contributed by atoms with Crippen molar-refractivity contribution in [2.24, 2.45) is 0 Å². The monoisotopic (exact) mass is 266 g/mol. The summed E-state index contributed by atoms with van der Waals surface area (Å²) in [5.74, 6) is 0.802. The lowest BCUT2D eigenvalue weighted by Crippen LogP contribution is -2.34. The van der Waals surface area contributed by atoms with Crippen molar-refractivity contribution in [3.8, 4) is 0 Å². The van der Waals surface area contributed by atoms with Crippen LogP contribution < -0.4 is 5.32 Å². The number of thioether (sulfide) groups is 1. The average molecular weight is 266 g/mol. The quantitative estimate of drug-likeness (QED) is 0.839. The van der Waals surface area contributed by atoms with Gasteiger partial charge in [0.2, 0.25) is 11.8 Å². The molecule has 0 aliphatic carbocycles. The van der Waals surface area contributed by atoms with Gasteiger partial charge in [0.1, 0.15) is 6.54 Å². The van der Waals surface area contributed by atoms with E-state index in [1.54, 1.807) is 24.3 Å². The summed E-state index contributed by atoms with van der Waals surface area (Å²) in [4.78, 5) is 24.6. The second-order valence-electron chi connectivity index (χ2n) is 3.98. The highest BCUT2D eigenvalue weighted by Gasteiger charge is 2.22. The zero-order chi connectivity index (χ0) is 13.0. The first-order valence-electron chi connectivity index (χ1n) is 5.54. The number of anilines is 1.